The van der Waals surface area contributed by atoms with Crippen LogP contribution in [0.4, 0.5) is 10.1 Å². The SMILES string of the molecule is O=C(COC(=O)c1ccc(O)cc1)Nc1cc(Cl)ccc1F. The number of halogens is 2. The predicted octanol–water partition coefficient (Wildman–Crippen LogP) is 2.98. The number of ether oxygens (including phenoxy) is 1. The number of phenols is 1. The van der Waals surface area contributed by atoms with E-state index in [-0.39, 0.29) is 22.0 Å². The molecule has 2 N–H and O–H groups in total. The van der Waals surface area contributed by atoms with Crippen LogP contribution in [-0.4, -0.2) is 23.6 Å². The van der Waals surface area contributed by atoms with Crippen molar-refractivity contribution in [1.82, 2.24) is 0 Å². The van der Waals surface area contributed by atoms with Crippen molar-refractivity contribution in [2.24, 2.45) is 0 Å². The molecule has 0 saturated heterocycles. The standard InChI is InChI=1S/C15H11ClFNO4/c16-10-3-6-12(17)13(7-10)18-14(20)8-22-15(21)9-1-4-11(19)5-2-9/h1-7,19H,8H2,(H,18,20). The molecule has 0 saturated carbocycles. The second-order valence-corrected chi connectivity index (χ2v) is 4.73. The van der Waals surface area contributed by atoms with Gasteiger partial charge in [0, 0.05) is 5.02 Å². The third kappa shape index (κ3) is 4.20. The number of anilines is 1. The zero-order chi connectivity index (χ0) is 16.1. The molecule has 0 heterocycles. The minimum absolute atomic E-state index is 0.00530. The van der Waals surface area contributed by atoms with Crippen LogP contribution in [0.5, 0.6) is 5.75 Å². The Morgan fingerprint density at radius 3 is 2.55 bits per heavy atom. The molecule has 0 unspecified atom stereocenters. The topological polar surface area (TPSA) is 75.6 Å². The van der Waals surface area contributed by atoms with Crippen molar-refractivity contribution < 1.29 is 23.8 Å². The first kappa shape index (κ1) is 15.8. The number of carbonyl (C=O) groups is 2. The summed E-state index contributed by atoms with van der Waals surface area (Å²) in [6, 6.07) is 9.04. The molecule has 0 aliphatic rings. The zero-order valence-electron chi connectivity index (χ0n) is 11.2. The molecule has 0 radical (unpaired) electrons. The molecule has 1 amide bonds. The number of amides is 1. The highest BCUT2D eigenvalue weighted by Crippen LogP contribution is 2.19. The quantitative estimate of drug-likeness (QED) is 0.848. The molecular formula is C15H11ClFNO4. The molecular weight excluding hydrogens is 313 g/mol. The molecule has 0 fully saturated rings. The lowest BCUT2D eigenvalue weighted by Crippen LogP contribution is -2.21. The van der Waals surface area contributed by atoms with E-state index in [1.54, 1.807) is 0 Å². The lowest BCUT2D eigenvalue weighted by Gasteiger charge is -2.08. The number of nitrogens with one attached hydrogen (secondary N) is 1. The molecule has 22 heavy (non-hydrogen) atoms. The van der Waals surface area contributed by atoms with E-state index in [0.29, 0.717) is 0 Å². The van der Waals surface area contributed by atoms with Gasteiger partial charge in [-0.1, -0.05) is 11.6 Å². The van der Waals surface area contributed by atoms with Crippen molar-refractivity contribution in [3.05, 3.63) is 58.9 Å². The van der Waals surface area contributed by atoms with Gasteiger partial charge in [0.15, 0.2) is 6.61 Å². The fraction of sp³-hybridized carbons (Fsp3) is 0.0667. The summed E-state index contributed by atoms with van der Waals surface area (Å²) < 4.78 is 18.2. The van der Waals surface area contributed by atoms with Crippen LogP contribution in [0.2, 0.25) is 5.02 Å². The lowest BCUT2D eigenvalue weighted by atomic mass is 10.2. The number of hydrogen-bond donors (Lipinski definition) is 2. The average Bonchev–Trinajstić information content (AvgIpc) is 2.49. The molecule has 7 heteroatoms. The van der Waals surface area contributed by atoms with Gasteiger partial charge in [-0.2, -0.15) is 0 Å². The molecule has 0 bridgehead atoms. The third-order valence-corrected chi connectivity index (χ3v) is 2.87. The summed E-state index contributed by atoms with van der Waals surface area (Å²) in [5.74, 6) is -2.08. The van der Waals surface area contributed by atoms with Gasteiger partial charge in [0.1, 0.15) is 11.6 Å². The number of aromatic hydroxyl groups is 1. The molecule has 0 spiro atoms. The minimum atomic E-state index is -0.735. The Morgan fingerprint density at radius 2 is 1.86 bits per heavy atom. The van der Waals surface area contributed by atoms with Crippen LogP contribution in [0.3, 0.4) is 0 Å². The third-order valence-electron chi connectivity index (χ3n) is 2.64. The maximum atomic E-state index is 13.4. The summed E-state index contributed by atoms with van der Waals surface area (Å²) in [7, 11) is 0. The highest BCUT2D eigenvalue weighted by atomic mass is 35.5. The summed E-state index contributed by atoms with van der Waals surface area (Å²) in [5.41, 5.74) is 0.0812. The minimum Gasteiger partial charge on any atom is -0.508 e. The summed E-state index contributed by atoms with van der Waals surface area (Å²) in [6.07, 6.45) is 0. The molecule has 0 atom stereocenters. The van der Waals surface area contributed by atoms with Crippen molar-refractivity contribution in [1.29, 1.82) is 0 Å². The van der Waals surface area contributed by atoms with Gasteiger partial charge in [-0.15, -0.1) is 0 Å². The van der Waals surface area contributed by atoms with Gasteiger partial charge in [0.05, 0.1) is 11.3 Å². The van der Waals surface area contributed by atoms with Gasteiger partial charge in [-0.05, 0) is 42.5 Å². The predicted molar refractivity (Wildman–Crippen MR) is 78.4 cm³/mol. The second kappa shape index (κ2) is 6.91. The van der Waals surface area contributed by atoms with E-state index in [1.165, 1.54) is 36.4 Å². The van der Waals surface area contributed by atoms with Crippen LogP contribution in [0.25, 0.3) is 0 Å². The van der Waals surface area contributed by atoms with Crippen LogP contribution in [0.1, 0.15) is 10.4 Å². The van der Waals surface area contributed by atoms with E-state index in [2.05, 4.69) is 5.32 Å². The van der Waals surface area contributed by atoms with Crippen molar-refractivity contribution in [2.45, 2.75) is 0 Å². The molecule has 5 nitrogen and oxygen atoms in total. The number of rotatable bonds is 4. The number of esters is 1. The number of hydrogen-bond acceptors (Lipinski definition) is 4. The summed E-state index contributed by atoms with van der Waals surface area (Å²) >= 11 is 5.70. The van der Waals surface area contributed by atoms with E-state index in [9.17, 15) is 14.0 Å². The highest BCUT2D eigenvalue weighted by molar-refractivity contribution is 6.30. The number of phenolic OH excluding ortho intramolecular Hbond substituents is 1. The van der Waals surface area contributed by atoms with Gasteiger partial charge in [-0.3, -0.25) is 4.79 Å². The number of carbonyl (C=O) groups excluding carboxylic acids is 2. The van der Waals surface area contributed by atoms with E-state index >= 15 is 0 Å². The second-order valence-electron chi connectivity index (χ2n) is 4.30. The van der Waals surface area contributed by atoms with E-state index in [1.807, 2.05) is 0 Å². The van der Waals surface area contributed by atoms with Crippen LogP contribution in [0.15, 0.2) is 42.5 Å². The van der Waals surface area contributed by atoms with Crippen LogP contribution < -0.4 is 5.32 Å². The Kier molecular flexibility index (Phi) is 4.95. The van der Waals surface area contributed by atoms with E-state index in [0.717, 1.165) is 6.07 Å². The molecule has 2 aromatic rings. The van der Waals surface area contributed by atoms with E-state index in [4.69, 9.17) is 21.4 Å². The van der Waals surface area contributed by atoms with Gasteiger partial charge in [0.2, 0.25) is 0 Å². The number of benzene rings is 2. The molecule has 114 valence electrons. The monoisotopic (exact) mass is 323 g/mol. The van der Waals surface area contributed by atoms with E-state index < -0.39 is 24.3 Å². The van der Waals surface area contributed by atoms with Gasteiger partial charge in [0.25, 0.3) is 5.91 Å². The molecule has 0 aliphatic carbocycles. The smallest absolute Gasteiger partial charge is 0.338 e. The van der Waals surface area contributed by atoms with Crippen molar-refractivity contribution in [3.8, 4) is 5.75 Å². The normalized spacial score (nSPS) is 10.1. The summed E-state index contributed by atoms with van der Waals surface area (Å²) in [4.78, 5) is 23.3. The van der Waals surface area contributed by atoms with Crippen molar-refractivity contribution in [2.75, 3.05) is 11.9 Å². The summed E-state index contributed by atoms with van der Waals surface area (Å²) in [6.45, 7) is -0.578. The van der Waals surface area contributed by atoms with Crippen molar-refractivity contribution in [3.63, 3.8) is 0 Å². The Balaban J connectivity index is 1.91. The highest BCUT2D eigenvalue weighted by Gasteiger charge is 2.12. The molecule has 2 rings (SSSR count). The Morgan fingerprint density at radius 1 is 1.18 bits per heavy atom. The Labute approximate surface area is 130 Å². The van der Waals surface area contributed by atoms with Crippen molar-refractivity contribution >= 4 is 29.2 Å². The Hall–Kier alpha value is -2.60. The van der Waals surface area contributed by atoms with Gasteiger partial charge in [-0.25, -0.2) is 9.18 Å². The molecule has 0 aliphatic heterocycles. The van der Waals surface area contributed by atoms with Gasteiger partial charge >= 0.3 is 5.97 Å². The fourth-order valence-corrected chi connectivity index (χ4v) is 1.76. The molecule has 0 aromatic heterocycles. The first-order valence-corrected chi connectivity index (χ1v) is 6.54. The molecule has 2 aromatic carbocycles. The average molecular weight is 324 g/mol. The van der Waals surface area contributed by atoms with Crippen LogP contribution >= 0.6 is 11.6 Å². The lowest BCUT2D eigenvalue weighted by molar-refractivity contribution is -0.119. The van der Waals surface area contributed by atoms with Gasteiger partial charge < -0.3 is 15.2 Å². The first-order valence-electron chi connectivity index (χ1n) is 6.17. The maximum absolute atomic E-state index is 13.4. The van der Waals surface area contributed by atoms with Crippen LogP contribution in [-0.2, 0) is 9.53 Å². The summed E-state index contributed by atoms with van der Waals surface area (Å²) in [5, 5.41) is 11.6. The zero-order valence-corrected chi connectivity index (χ0v) is 11.9. The largest absolute Gasteiger partial charge is 0.508 e. The van der Waals surface area contributed by atoms with Crippen LogP contribution in [0, 0.1) is 5.82 Å². The maximum Gasteiger partial charge on any atom is 0.338 e. The first-order chi connectivity index (χ1) is 10.5. The Bertz CT molecular complexity index is 703. The fourth-order valence-electron chi connectivity index (χ4n) is 1.59.